The smallest absolute Gasteiger partial charge is 0.269 e. The van der Waals surface area contributed by atoms with E-state index in [-0.39, 0.29) is 18.3 Å². The Morgan fingerprint density at radius 1 is 1.42 bits per heavy atom. The van der Waals surface area contributed by atoms with Crippen molar-refractivity contribution in [3.05, 3.63) is 34.8 Å². The van der Waals surface area contributed by atoms with Crippen LogP contribution in [-0.4, -0.2) is 45.5 Å². The standard InChI is InChI=1S/C16H22N6O.ClH/c1-10-15(11(2)22(3)21-10)13-8-14(20-19-13)16(23)18-9-12-4-6-17-7-5-12;/h4,8,17H,5-7,9H2,1-3H3,(H,18,23)(H,19,20);1H. The zero-order valence-electron chi connectivity index (χ0n) is 14.1. The molecule has 8 heteroatoms. The fraction of sp³-hybridized carbons (Fsp3) is 0.438. The fourth-order valence-electron chi connectivity index (χ4n) is 2.83. The molecule has 0 aliphatic carbocycles. The predicted molar refractivity (Wildman–Crippen MR) is 95.4 cm³/mol. The highest BCUT2D eigenvalue weighted by atomic mass is 35.5. The van der Waals surface area contributed by atoms with E-state index in [1.165, 1.54) is 5.57 Å². The van der Waals surface area contributed by atoms with Gasteiger partial charge in [0, 0.05) is 31.4 Å². The number of aromatic nitrogens is 4. The number of aromatic amines is 1. The van der Waals surface area contributed by atoms with Crippen LogP contribution in [0.5, 0.6) is 0 Å². The van der Waals surface area contributed by atoms with Gasteiger partial charge in [-0.15, -0.1) is 12.4 Å². The van der Waals surface area contributed by atoms with Crippen LogP contribution in [0.2, 0.25) is 0 Å². The first-order valence-electron chi connectivity index (χ1n) is 7.79. The first-order chi connectivity index (χ1) is 11.1. The predicted octanol–water partition coefficient (Wildman–Crippen LogP) is 1.50. The summed E-state index contributed by atoms with van der Waals surface area (Å²) in [6, 6.07) is 1.78. The van der Waals surface area contributed by atoms with Gasteiger partial charge in [-0.05, 0) is 32.9 Å². The molecule has 130 valence electrons. The Balaban J connectivity index is 0.00000208. The van der Waals surface area contributed by atoms with Crippen molar-refractivity contribution in [2.24, 2.45) is 7.05 Å². The van der Waals surface area contributed by atoms with E-state index in [9.17, 15) is 4.79 Å². The Labute approximate surface area is 147 Å². The summed E-state index contributed by atoms with van der Waals surface area (Å²) in [6.45, 7) is 6.36. The van der Waals surface area contributed by atoms with Gasteiger partial charge in [0.15, 0.2) is 0 Å². The Morgan fingerprint density at radius 3 is 2.83 bits per heavy atom. The van der Waals surface area contributed by atoms with E-state index in [4.69, 9.17) is 0 Å². The number of hydrogen-bond acceptors (Lipinski definition) is 4. The van der Waals surface area contributed by atoms with E-state index in [1.807, 2.05) is 25.6 Å². The maximum Gasteiger partial charge on any atom is 0.269 e. The normalized spacial score (nSPS) is 14.0. The molecule has 0 radical (unpaired) electrons. The molecule has 0 atom stereocenters. The van der Waals surface area contributed by atoms with Crippen LogP contribution in [0.15, 0.2) is 17.7 Å². The van der Waals surface area contributed by atoms with Crippen LogP contribution in [0.1, 0.15) is 28.3 Å². The lowest BCUT2D eigenvalue weighted by Crippen LogP contribution is -2.29. The molecule has 3 rings (SSSR count). The zero-order chi connectivity index (χ0) is 16.4. The van der Waals surface area contributed by atoms with Gasteiger partial charge in [0.1, 0.15) is 5.69 Å². The second-order valence-electron chi connectivity index (χ2n) is 5.84. The van der Waals surface area contributed by atoms with Crippen molar-refractivity contribution in [3.8, 4) is 11.3 Å². The summed E-state index contributed by atoms with van der Waals surface area (Å²) < 4.78 is 1.82. The lowest BCUT2D eigenvalue weighted by atomic mass is 10.1. The quantitative estimate of drug-likeness (QED) is 0.729. The monoisotopic (exact) mass is 350 g/mol. The van der Waals surface area contributed by atoms with E-state index in [0.29, 0.717) is 12.2 Å². The molecule has 0 fully saturated rings. The molecule has 3 heterocycles. The van der Waals surface area contributed by atoms with Crippen molar-refractivity contribution in [2.75, 3.05) is 19.6 Å². The molecule has 3 N–H and O–H groups in total. The average molecular weight is 351 g/mol. The lowest BCUT2D eigenvalue weighted by molar-refractivity contribution is 0.0951. The van der Waals surface area contributed by atoms with Crippen molar-refractivity contribution in [3.63, 3.8) is 0 Å². The van der Waals surface area contributed by atoms with Crippen molar-refractivity contribution >= 4 is 18.3 Å². The molecule has 0 bridgehead atoms. The van der Waals surface area contributed by atoms with Crippen LogP contribution >= 0.6 is 12.4 Å². The van der Waals surface area contributed by atoms with Gasteiger partial charge >= 0.3 is 0 Å². The van der Waals surface area contributed by atoms with Crippen molar-refractivity contribution < 1.29 is 4.79 Å². The molecule has 0 saturated heterocycles. The number of aryl methyl sites for hydroxylation is 2. The molecule has 1 aliphatic rings. The molecule has 0 spiro atoms. The molecular weight excluding hydrogens is 328 g/mol. The molecule has 2 aromatic heterocycles. The van der Waals surface area contributed by atoms with Gasteiger partial charge in [0.25, 0.3) is 5.91 Å². The van der Waals surface area contributed by atoms with Gasteiger partial charge in [-0.25, -0.2) is 0 Å². The zero-order valence-corrected chi connectivity index (χ0v) is 15.0. The largest absolute Gasteiger partial charge is 0.347 e. The van der Waals surface area contributed by atoms with Gasteiger partial charge in [-0.1, -0.05) is 11.6 Å². The number of H-pyrrole nitrogens is 1. The third-order valence-electron chi connectivity index (χ3n) is 4.22. The molecule has 2 aromatic rings. The Kier molecular flexibility index (Phi) is 5.80. The van der Waals surface area contributed by atoms with Crippen LogP contribution in [-0.2, 0) is 7.05 Å². The van der Waals surface area contributed by atoms with E-state index in [2.05, 4.69) is 32.0 Å². The fourth-order valence-corrected chi connectivity index (χ4v) is 2.83. The minimum atomic E-state index is -0.137. The van der Waals surface area contributed by atoms with Gasteiger partial charge < -0.3 is 10.6 Å². The number of amides is 1. The Bertz CT molecular complexity index is 761. The van der Waals surface area contributed by atoms with Gasteiger partial charge in [-0.2, -0.15) is 10.2 Å². The summed E-state index contributed by atoms with van der Waals surface area (Å²) in [7, 11) is 1.90. The molecule has 1 aliphatic heterocycles. The van der Waals surface area contributed by atoms with Gasteiger partial charge in [0.2, 0.25) is 0 Å². The Morgan fingerprint density at radius 2 is 2.21 bits per heavy atom. The van der Waals surface area contributed by atoms with Crippen LogP contribution in [0.3, 0.4) is 0 Å². The number of nitrogens with one attached hydrogen (secondary N) is 3. The molecule has 0 aromatic carbocycles. The SMILES string of the molecule is Cc1nn(C)c(C)c1-c1cc(C(=O)NCC2=CCNCC2)[nH]n1.Cl. The number of carbonyl (C=O) groups is 1. The number of rotatable bonds is 4. The number of carbonyl (C=O) groups excluding carboxylic acids is 1. The molecule has 1 amide bonds. The van der Waals surface area contributed by atoms with Crippen LogP contribution in [0.4, 0.5) is 0 Å². The average Bonchev–Trinajstić information content (AvgIpc) is 3.11. The maximum atomic E-state index is 12.3. The minimum Gasteiger partial charge on any atom is -0.347 e. The van der Waals surface area contributed by atoms with Gasteiger partial charge in [0.05, 0.1) is 11.4 Å². The van der Waals surface area contributed by atoms with E-state index in [0.717, 1.165) is 42.2 Å². The molecular formula is C16H23ClN6O. The number of halogens is 1. The van der Waals surface area contributed by atoms with Crippen LogP contribution in [0, 0.1) is 13.8 Å². The summed E-state index contributed by atoms with van der Waals surface area (Å²) in [5.41, 5.74) is 5.39. The summed E-state index contributed by atoms with van der Waals surface area (Å²) in [4.78, 5) is 12.3. The summed E-state index contributed by atoms with van der Waals surface area (Å²) >= 11 is 0. The van der Waals surface area contributed by atoms with Crippen LogP contribution < -0.4 is 10.6 Å². The molecule has 24 heavy (non-hydrogen) atoms. The topological polar surface area (TPSA) is 87.6 Å². The van der Waals surface area contributed by atoms with E-state index < -0.39 is 0 Å². The van der Waals surface area contributed by atoms with Crippen molar-refractivity contribution in [1.29, 1.82) is 0 Å². The Hall–Kier alpha value is -2.12. The highest BCUT2D eigenvalue weighted by molar-refractivity contribution is 5.93. The first-order valence-corrected chi connectivity index (χ1v) is 7.79. The van der Waals surface area contributed by atoms with E-state index in [1.54, 1.807) is 6.07 Å². The van der Waals surface area contributed by atoms with Gasteiger partial charge in [-0.3, -0.25) is 14.6 Å². The van der Waals surface area contributed by atoms with E-state index >= 15 is 0 Å². The number of hydrogen-bond donors (Lipinski definition) is 3. The minimum absolute atomic E-state index is 0. The summed E-state index contributed by atoms with van der Waals surface area (Å²) in [5, 5.41) is 17.7. The summed E-state index contributed by atoms with van der Waals surface area (Å²) in [5.74, 6) is -0.137. The molecule has 7 nitrogen and oxygen atoms in total. The van der Waals surface area contributed by atoms with Crippen molar-refractivity contribution in [1.82, 2.24) is 30.6 Å². The summed E-state index contributed by atoms with van der Waals surface area (Å²) in [6.07, 6.45) is 3.10. The maximum absolute atomic E-state index is 12.3. The second kappa shape index (κ2) is 7.63. The van der Waals surface area contributed by atoms with Crippen LogP contribution in [0.25, 0.3) is 11.3 Å². The third-order valence-corrected chi connectivity index (χ3v) is 4.22. The lowest BCUT2D eigenvalue weighted by Gasteiger charge is -2.14. The third kappa shape index (κ3) is 3.68. The molecule has 0 unspecified atom stereocenters. The first kappa shape index (κ1) is 18.2. The highest BCUT2D eigenvalue weighted by Crippen LogP contribution is 2.25. The second-order valence-corrected chi connectivity index (χ2v) is 5.84. The van der Waals surface area contributed by atoms with Crippen molar-refractivity contribution in [2.45, 2.75) is 20.3 Å². The highest BCUT2D eigenvalue weighted by Gasteiger charge is 2.17. The number of nitrogens with zero attached hydrogens (tertiary/aromatic N) is 3. The molecule has 0 saturated carbocycles.